The Bertz CT molecular complexity index is 649. The molecule has 0 unspecified atom stereocenters. The van der Waals surface area contributed by atoms with Gasteiger partial charge in [-0.05, 0) is 29.8 Å². The predicted molar refractivity (Wildman–Crippen MR) is 76.5 cm³/mol. The maximum absolute atomic E-state index is 13.1. The van der Waals surface area contributed by atoms with Crippen molar-refractivity contribution >= 4 is 29.1 Å². The van der Waals surface area contributed by atoms with Crippen LogP contribution in [0.5, 0.6) is 0 Å². The van der Waals surface area contributed by atoms with Crippen molar-refractivity contribution in [3.8, 4) is 0 Å². The van der Waals surface area contributed by atoms with Gasteiger partial charge in [0.1, 0.15) is 16.7 Å². The van der Waals surface area contributed by atoms with Gasteiger partial charge in [0.25, 0.3) is 5.91 Å². The number of nitrogens with zero attached hydrogens (tertiary/aromatic N) is 2. The van der Waals surface area contributed by atoms with E-state index in [9.17, 15) is 9.18 Å². The van der Waals surface area contributed by atoms with E-state index in [1.807, 2.05) is 0 Å². The molecule has 3 nitrogen and oxygen atoms in total. The first-order chi connectivity index (χ1) is 9.47. The van der Waals surface area contributed by atoms with E-state index in [1.165, 1.54) is 29.2 Å². The Morgan fingerprint density at radius 3 is 2.75 bits per heavy atom. The SMILES string of the molecule is CN(Cc1cccc(F)c1)C(=O)c1nc(Cl)ccc1Cl. The summed E-state index contributed by atoms with van der Waals surface area (Å²) >= 11 is 11.7. The first-order valence-electron chi connectivity index (χ1n) is 5.79. The smallest absolute Gasteiger partial charge is 0.274 e. The Kier molecular flexibility index (Phi) is 4.57. The van der Waals surface area contributed by atoms with E-state index >= 15 is 0 Å². The van der Waals surface area contributed by atoms with Gasteiger partial charge in [-0.3, -0.25) is 4.79 Å². The molecule has 0 aliphatic carbocycles. The summed E-state index contributed by atoms with van der Waals surface area (Å²) in [4.78, 5) is 17.6. The summed E-state index contributed by atoms with van der Waals surface area (Å²) in [6.45, 7) is 0.251. The van der Waals surface area contributed by atoms with E-state index in [-0.39, 0.29) is 34.1 Å². The predicted octanol–water partition coefficient (Wildman–Crippen LogP) is 3.80. The van der Waals surface area contributed by atoms with E-state index < -0.39 is 0 Å². The zero-order chi connectivity index (χ0) is 14.7. The summed E-state index contributed by atoms with van der Waals surface area (Å²) in [7, 11) is 1.59. The van der Waals surface area contributed by atoms with Gasteiger partial charge in [-0.25, -0.2) is 9.37 Å². The first-order valence-corrected chi connectivity index (χ1v) is 6.55. The molecule has 1 aromatic carbocycles. The molecule has 20 heavy (non-hydrogen) atoms. The molecule has 1 heterocycles. The number of hydrogen-bond donors (Lipinski definition) is 0. The fraction of sp³-hybridized carbons (Fsp3) is 0.143. The van der Waals surface area contributed by atoms with Crippen LogP contribution in [-0.2, 0) is 6.54 Å². The van der Waals surface area contributed by atoms with Crippen LogP contribution in [0.1, 0.15) is 16.1 Å². The lowest BCUT2D eigenvalue weighted by atomic mass is 10.2. The minimum absolute atomic E-state index is 0.0815. The molecule has 1 amide bonds. The van der Waals surface area contributed by atoms with Gasteiger partial charge in [-0.15, -0.1) is 0 Å². The molecule has 6 heteroatoms. The second-order valence-electron chi connectivity index (χ2n) is 4.26. The fourth-order valence-corrected chi connectivity index (χ4v) is 2.06. The maximum Gasteiger partial charge on any atom is 0.274 e. The summed E-state index contributed by atoms with van der Waals surface area (Å²) < 4.78 is 13.1. The summed E-state index contributed by atoms with van der Waals surface area (Å²) in [5.74, 6) is -0.718. The topological polar surface area (TPSA) is 33.2 Å². The summed E-state index contributed by atoms with van der Waals surface area (Å²) in [5, 5.41) is 0.419. The summed E-state index contributed by atoms with van der Waals surface area (Å²) in [6, 6.07) is 9.07. The van der Waals surface area contributed by atoms with Crippen LogP contribution in [0.3, 0.4) is 0 Å². The lowest BCUT2D eigenvalue weighted by molar-refractivity contribution is 0.0779. The third kappa shape index (κ3) is 3.46. The van der Waals surface area contributed by atoms with E-state index in [4.69, 9.17) is 23.2 Å². The molecule has 0 N–H and O–H groups in total. The molecule has 0 atom stereocenters. The number of halogens is 3. The van der Waals surface area contributed by atoms with Crippen molar-refractivity contribution in [1.82, 2.24) is 9.88 Å². The highest BCUT2D eigenvalue weighted by Crippen LogP contribution is 2.19. The van der Waals surface area contributed by atoms with Gasteiger partial charge in [-0.1, -0.05) is 35.3 Å². The average molecular weight is 313 g/mol. The van der Waals surface area contributed by atoms with Crippen molar-refractivity contribution in [3.63, 3.8) is 0 Å². The highest BCUT2D eigenvalue weighted by Gasteiger charge is 2.17. The molecule has 0 aliphatic rings. The molecule has 104 valence electrons. The molecule has 0 fully saturated rings. The van der Waals surface area contributed by atoms with Gasteiger partial charge in [0.15, 0.2) is 0 Å². The molecule has 0 saturated heterocycles. The van der Waals surface area contributed by atoms with Crippen molar-refractivity contribution < 1.29 is 9.18 Å². The van der Waals surface area contributed by atoms with Crippen molar-refractivity contribution in [2.24, 2.45) is 0 Å². The largest absolute Gasteiger partial charge is 0.336 e. The number of hydrogen-bond acceptors (Lipinski definition) is 2. The third-order valence-corrected chi connectivity index (χ3v) is 3.19. The lowest BCUT2D eigenvalue weighted by Gasteiger charge is -2.17. The molecule has 0 spiro atoms. The van der Waals surface area contributed by atoms with Crippen LogP contribution in [0.4, 0.5) is 4.39 Å². The van der Waals surface area contributed by atoms with Crippen LogP contribution < -0.4 is 0 Å². The minimum Gasteiger partial charge on any atom is -0.336 e. The van der Waals surface area contributed by atoms with E-state index in [2.05, 4.69) is 4.98 Å². The average Bonchev–Trinajstić information content (AvgIpc) is 2.40. The monoisotopic (exact) mass is 312 g/mol. The molecule has 0 saturated carbocycles. The molecule has 2 rings (SSSR count). The molecule has 0 aliphatic heterocycles. The number of rotatable bonds is 3. The maximum atomic E-state index is 13.1. The Morgan fingerprint density at radius 1 is 1.30 bits per heavy atom. The van der Waals surface area contributed by atoms with Gasteiger partial charge in [0.05, 0.1) is 5.02 Å². The highest BCUT2D eigenvalue weighted by molar-refractivity contribution is 6.34. The van der Waals surface area contributed by atoms with Gasteiger partial charge < -0.3 is 4.90 Å². The van der Waals surface area contributed by atoms with Crippen molar-refractivity contribution in [3.05, 3.63) is 63.6 Å². The lowest BCUT2D eigenvalue weighted by Crippen LogP contribution is -2.27. The summed E-state index contributed by atoms with van der Waals surface area (Å²) in [5.41, 5.74) is 0.761. The van der Waals surface area contributed by atoms with Crippen LogP contribution in [-0.4, -0.2) is 22.8 Å². The number of carbonyl (C=O) groups excluding carboxylic acids is 1. The number of benzene rings is 1. The van der Waals surface area contributed by atoms with Crippen LogP contribution in [0.15, 0.2) is 36.4 Å². The van der Waals surface area contributed by atoms with E-state index in [0.717, 1.165) is 0 Å². The highest BCUT2D eigenvalue weighted by atomic mass is 35.5. The van der Waals surface area contributed by atoms with Crippen molar-refractivity contribution in [2.45, 2.75) is 6.54 Å². The molecule has 0 bridgehead atoms. The van der Waals surface area contributed by atoms with E-state index in [1.54, 1.807) is 19.2 Å². The van der Waals surface area contributed by atoms with Crippen molar-refractivity contribution in [1.29, 1.82) is 0 Å². The fourth-order valence-electron chi connectivity index (χ4n) is 1.73. The number of amides is 1. The van der Waals surface area contributed by atoms with Crippen LogP contribution >= 0.6 is 23.2 Å². The quantitative estimate of drug-likeness (QED) is 0.808. The zero-order valence-electron chi connectivity index (χ0n) is 10.6. The van der Waals surface area contributed by atoms with Crippen LogP contribution in [0.2, 0.25) is 10.2 Å². The summed E-state index contributed by atoms with van der Waals surface area (Å²) in [6.07, 6.45) is 0. The second kappa shape index (κ2) is 6.20. The van der Waals surface area contributed by atoms with Gasteiger partial charge in [0.2, 0.25) is 0 Å². The molecule has 0 radical (unpaired) electrons. The standard InChI is InChI=1S/C14H11Cl2FN2O/c1-19(8-9-3-2-4-10(17)7-9)14(20)13-11(15)5-6-12(16)18-13/h2-7H,8H2,1H3. The molecular weight excluding hydrogens is 302 g/mol. The van der Waals surface area contributed by atoms with Gasteiger partial charge in [-0.2, -0.15) is 0 Å². The first kappa shape index (κ1) is 14.8. The third-order valence-electron chi connectivity index (χ3n) is 2.67. The molecule has 1 aromatic heterocycles. The van der Waals surface area contributed by atoms with Crippen molar-refractivity contribution in [2.75, 3.05) is 7.05 Å². The van der Waals surface area contributed by atoms with Crippen LogP contribution in [0, 0.1) is 5.82 Å². The van der Waals surface area contributed by atoms with Crippen LogP contribution in [0.25, 0.3) is 0 Å². The Labute approximate surface area is 125 Å². The molecule has 2 aromatic rings. The Morgan fingerprint density at radius 2 is 2.05 bits per heavy atom. The number of pyridine rings is 1. The van der Waals surface area contributed by atoms with Gasteiger partial charge >= 0.3 is 0 Å². The van der Waals surface area contributed by atoms with E-state index in [0.29, 0.717) is 5.56 Å². The number of aromatic nitrogens is 1. The molecular formula is C14H11Cl2FN2O. The van der Waals surface area contributed by atoms with Gasteiger partial charge in [0, 0.05) is 13.6 Å². The Hall–Kier alpha value is -1.65. The Balaban J connectivity index is 2.18. The number of carbonyl (C=O) groups is 1. The zero-order valence-corrected chi connectivity index (χ0v) is 12.1. The minimum atomic E-state index is -0.373. The second-order valence-corrected chi connectivity index (χ2v) is 5.05. The normalized spacial score (nSPS) is 10.4.